The van der Waals surface area contributed by atoms with Crippen LogP contribution >= 0.6 is 0 Å². The molecule has 3 aromatic rings. The van der Waals surface area contributed by atoms with Crippen LogP contribution in [0.5, 0.6) is 0 Å². The number of benzene rings is 2. The first kappa shape index (κ1) is 17.1. The maximum Gasteiger partial charge on any atom is 0.275 e. The van der Waals surface area contributed by atoms with Crippen molar-refractivity contribution >= 4 is 17.4 Å². The van der Waals surface area contributed by atoms with Crippen molar-refractivity contribution in [3.63, 3.8) is 0 Å². The highest BCUT2D eigenvalue weighted by Crippen LogP contribution is 2.12. The van der Waals surface area contributed by atoms with Crippen molar-refractivity contribution in [3.8, 4) is 6.07 Å². The van der Waals surface area contributed by atoms with Gasteiger partial charge in [-0.15, -0.1) is 0 Å². The Balaban J connectivity index is 1.61. The zero-order chi connectivity index (χ0) is 18.4. The maximum atomic E-state index is 12.2. The Kier molecular flexibility index (Phi) is 5.20. The second kappa shape index (κ2) is 7.90. The molecule has 0 bridgehead atoms. The predicted molar refractivity (Wildman–Crippen MR) is 99.6 cm³/mol. The number of nitriles is 1. The van der Waals surface area contributed by atoms with Gasteiger partial charge in [0.05, 0.1) is 24.0 Å². The maximum absolute atomic E-state index is 12.2. The zero-order valence-corrected chi connectivity index (χ0v) is 14.2. The van der Waals surface area contributed by atoms with E-state index in [0.29, 0.717) is 23.6 Å². The smallest absolute Gasteiger partial charge is 0.275 e. The molecule has 1 aromatic heterocycles. The van der Waals surface area contributed by atoms with Crippen LogP contribution < -0.4 is 10.6 Å². The molecule has 1 heterocycles. The molecule has 26 heavy (non-hydrogen) atoms. The van der Waals surface area contributed by atoms with Crippen LogP contribution in [0.15, 0.2) is 60.9 Å². The van der Waals surface area contributed by atoms with Gasteiger partial charge in [-0.1, -0.05) is 35.9 Å². The van der Waals surface area contributed by atoms with Crippen LogP contribution in [0.2, 0.25) is 0 Å². The van der Waals surface area contributed by atoms with E-state index >= 15 is 0 Å². The van der Waals surface area contributed by atoms with Gasteiger partial charge in [0.2, 0.25) is 0 Å². The number of amides is 1. The molecule has 0 spiro atoms. The molecule has 0 aliphatic rings. The number of nitrogens with one attached hydrogen (secondary N) is 2. The minimum absolute atomic E-state index is 0.202. The first-order chi connectivity index (χ1) is 12.6. The van der Waals surface area contributed by atoms with E-state index < -0.39 is 0 Å². The Morgan fingerprint density at radius 1 is 1.12 bits per heavy atom. The molecule has 3 rings (SSSR count). The van der Waals surface area contributed by atoms with Gasteiger partial charge >= 0.3 is 0 Å². The normalized spacial score (nSPS) is 10.0. The number of aryl methyl sites for hydroxylation is 1. The Bertz CT molecular complexity index is 960. The van der Waals surface area contributed by atoms with E-state index in [0.717, 1.165) is 5.56 Å². The molecule has 0 saturated carbocycles. The summed E-state index contributed by atoms with van der Waals surface area (Å²) in [4.78, 5) is 20.6. The average molecular weight is 343 g/mol. The van der Waals surface area contributed by atoms with Crippen molar-refractivity contribution < 1.29 is 4.79 Å². The molecule has 0 saturated heterocycles. The van der Waals surface area contributed by atoms with E-state index in [9.17, 15) is 4.79 Å². The van der Waals surface area contributed by atoms with Crippen LogP contribution in [0.1, 0.15) is 27.2 Å². The molecule has 2 aromatic carbocycles. The summed E-state index contributed by atoms with van der Waals surface area (Å²) in [7, 11) is 0. The first-order valence-electron chi connectivity index (χ1n) is 8.07. The second-order valence-electron chi connectivity index (χ2n) is 5.78. The summed E-state index contributed by atoms with van der Waals surface area (Å²) in [6.45, 7) is 2.67. The minimum Gasteiger partial charge on any atom is -0.365 e. The van der Waals surface area contributed by atoms with E-state index in [4.69, 9.17) is 5.26 Å². The monoisotopic (exact) mass is 343 g/mol. The molecule has 0 atom stereocenters. The van der Waals surface area contributed by atoms with Crippen LogP contribution in [-0.2, 0) is 6.54 Å². The minimum atomic E-state index is -0.377. The zero-order valence-electron chi connectivity index (χ0n) is 14.2. The third-order valence-electron chi connectivity index (χ3n) is 3.69. The standard InChI is InChI=1S/C20H17N5O/c1-14-4-2-6-16(8-14)11-23-19-13-22-18(12-24-19)20(26)25-17-7-3-5-15(9-17)10-21/h2-9,12-13H,11H2,1H3,(H,23,24)(H,25,26). The van der Waals surface area contributed by atoms with Crippen LogP contribution in [0.3, 0.4) is 0 Å². The Morgan fingerprint density at radius 3 is 2.69 bits per heavy atom. The number of carbonyl (C=O) groups is 1. The molecule has 1 amide bonds. The number of nitrogens with zero attached hydrogens (tertiary/aromatic N) is 3. The van der Waals surface area contributed by atoms with Gasteiger partial charge < -0.3 is 10.6 Å². The first-order valence-corrected chi connectivity index (χ1v) is 8.07. The van der Waals surface area contributed by atoms with Crippen molar-refractivity contribution in [3.05, 3.63) is 83.3 Å². The molecule has 128 valence electrons. The largest absolute Gasteiger partial charge is 0.365 e. The van der Waals surface area contributed by atoms with Crippen LogP contribution in [0.4, 0.5) is 11.5 Å². The van der Waals surface area contributed by atoms with Gasteiger partial charge in [0.25, 0.3) is 5.91 Å². The molecular formula is C20H17N5O. The molecule has 6 heteroatoms. The summed E-state index contributed by atoms with van der Waals surface area (Å²) in [5.41, 5.74) is 3.56. The second-order valence-corrected chi connectivity index (χ2v) is 5.78. The summed E-state index contributed by atoms with van der Waals surface area (Å²) in [6, 6.07) is 16.9. The van der Waals surface area contributed by atoms with Crippen LogP contribution in [0.25, 0.3) is 0 Å². The van der Waals surface area contributed by atoms with Gasteiger partial charge in [-0.2, -0.15) is 5.26 Å². The molecule has 2 N–H and O–H groups in total. The predicted octanol–water partition coefficient (Wildman–Crippen LogP) is 3.52. The summed E-state index contributed by atoms with van der Waals surface area (Å²) in [5.74, 6) is 0.215. The molecule has 0 aliphatic heterocycles. The quantitative estimate of drug-likeness (QED) is 0.739. The molecule has 0 aliphatic carbocycles. The van der Waals surface area contributed by atoms with Crippen molar-refractivity contribution in [2.24, 2.45) is 0 Å². The van der Waals surface area contributed by atoms with E-state index in [1.165, 1.54) is 18.0 Å². The average Bonchev–Trinajstić information content (AvgIpc) is 2.67. The van der Waals surface area contributed by atoms with Crippen molar-refractivity contribution in [1.82, 2.24) is 9.97 Å². The topological polar surface area (TPSA) is 90.7 Å². The lowest BCUT2D eigenvalue weighted by Gasteiger charge is -2.07. The molecule has 0 unspecified atom stereocenters. The number of carbonyl (C=O) groups excluding carboxylic acids is 1. The van der Waals surface area contributed by atoms with Crippen LogP contribution in [-0.4, -0.2) is 15.9 Å². The van der Waals surface area contributed by atoms with E-state index in [-0.39, 0.29) is 11.6 Å². The Hall–Kier alpha value is -3.72. The summed E-state index contributed by atoms with van der Waals surface area (Å²) in [6.07, 6.45) is 2.94. The fourth-order valence-corrected chi connectivity index (χ4v) is 2.41. The van der Waals surface area contributed by atoms with Gasteiger partial charge in [-0.05, 0) is 30.7 Å². The Morgan fingerprint density at radius 2 is 1.96 bits per heavy atom. The number of aromatic nitrogens is 2. The summed E-state index contributed by atoms with van der Waals surface area (Å²) in [5, 5.41) is 14.8. The highest BCUT2D eigenvalue weighted by atomic mass is 16.1. The fraction of sp³-hybridized carbons (Fsp3) is 0.100. The lowest BCUT2D eigenvalue weighted by molar-refractivity contribution is 0.102. The highest BCUT2D eigenvalue weighted by molar-refractivity contribution is 6.02. The highest BCUT2D eigenvalue weighted by Gasteiger charge is 2.09. The van der Waals surface area contributed by atoms with Crippen molar-refractivity contribution in [2.75, 3.05) is 10.6 Å². The lowest BCUT2D eigenvalue weighted by Crippen LogP contribution is -2.14. The van der Waals surface area contributed by atoms with E-state index in [1.54, 1.807) is 24.3 Å². The van der Waals surface area contributed by atoms with Crippen LogP contribution in [0, 0.1) is 18.3 Å². The number of hydrogen-bond acceptors (Lipinski definition) is 5. The van der Waals surface area contributed by atoms with Crippen molar-refractivity contribution in [2.45, 2.75) is 13.5 Å². The van der Waals surface area contributed by atoms with Gasteiger partial charge in [0.15, 0.2) is 0 Å². The summed E-state index contributed by atoms with van der Waals surface area (Å²) < 4.78 is 0. The summed E-state index contributed by atoms with van der Waals surface area (Å²) >= 11 is 0. The van der Waals surface area contributed by atoms with Gasteiger partial charge in [-0.3, -0.25) is 4.79 Å². The SMILES string of the molecule is Cc1cccc(CNc2cnc(C(=O)Nc3cccc(C#N)c3)cn2)c1. The molecule has 0 fully saturated rings. The fourth-order valence-electron chi connectivity index (χ4n) is 2.41. The number of anilines is 2. The molecule has 0 radical (unpaired) electrons. The third kappa shape index (κ3) is 4.42. The lowest BCUT2D eigenvalue weighted by atomic mass is 10.1. The number of hydrogen-bond donors (Lipinski definition) is 2. The number of rotatable bonds is 5. The van der Waals surface area contributed by atoms with Gasteiger partial charge in [-0.25, -0.2) is 9.97 Å². The van der Waals surface area contributed by atoms with Gasteiger partial charge in [0, 0.05) is 12.2 Å². The molecule has 6 nitrogen and oxygen atoms in total. The van der Waals surface area contributed by atoms with Crippen molar-refractivity contribution in [1.29, 1.82) is 5.26 Å². The molecular weight excluding hydrogens is 326 g/mol. The van der Waals surface area contributed by atoms with E-state index in [1.807, 2.05) is 31.2 Å². The Labute approximate surface area is 151 Å². The third-order valence-corrected chi connectivity index (χ3v) is 3.69. The van der Waals surface area contributed by atoms with Gasteiger partial charge in [0.1, 0.15) is 11.5 Å². The van der Waals surface area contributed by atoms with E-state index in [2.05, 4.69) is 26.7 Å².